The Hall–Kier alpha value is -2.74. The third-order valence-electron chi connectivity index (χ3n) is 4.80. The summed E-state index contributed by atoms with van der Waals surface area (Å²) in [5, 5.41) is 25.5. The Bertz CT molecular complexity index is 1050. The summed E-state index contributed by atoms with van der Waals surface area (Å²) in [5.74, 6) is 0.455. The fourth-order valence-electron chi connectivity index (χ4n) is 3.31. The molecule has 2 N–H and O–H groups in total. The van der Waals surface area contributed by atoms with Gasteiger partial charge >= 0.3 is 0 Å². The maximum Gasteiger partial charge on any atom is 0.241 e. The van der Waals surface area contributed by atoms with Crippen LogP contribution >= 0.6 is 23.1 Å². The van der Waals surface area contributed by atoms with Crippen LogP contribution in [0.1, 0.15) is 31.4 Å². The lowest BCUT2D eigenvalue weighted by Crippen LogP contribution is -2.28. The van der Waals surface area contributed by atoms with Crippen LogP contribution in [0.5, 0.6) is 5.88 Å². The highest BCUT2D eigenvalue weighted by atomic mass is 32.2. The number of nitrogens with one attached hydrogen (secondary N) is 1. The Morgan fingerprint density at radius 3 is 2.80 bits per heavy atom. The Labute approximate surface area is 182 Å². The molecule has 1 aliphatic carbocycles. The monoisotopic (exact) mass is 440 g/mol. The Morgan fingerprint density at radius 2 is 2.10 bits per heavy atom. The lowest BCUT2D eigenvalue weighted by Gasteiger charge is -2.28. The minimum atomic E-state index is -0.220. The van der Waals surface area contributed by atoms with Crippen LogP contribution in [0.25, 0.3) is 10.6 Å². The molecule has 0 aliphatic heterocycles. The number of hydrogen-bond donors (Lipinski definition) is 2. The summed E-state index contributed by atoms with van der Waals surface area (Å²) >= 11 is 2.84. The lowest BCUT2D eigenvalue weighted by atomic mass is 9.93. The largest absolute Gasteiger partial charge is 0.479 e. The highest BCUT2D eigenvalue weighted by Gasteiger charge is 2.24. The van der Waals surface area contributed by atoms with Crippen molar-refractivity contribution in [2.24, 2.45) is 0 Å². The van der Waals surface area contributed by atoms with E-state index in [4.69, 9.17) is 15.0 Å². The number of ether oxygens (including phenoxy) is 1. The lowest BCUT2D eigenvalue weighted by molar-refractivity contribution is 0.126. The molecule has 154 valence electrons. The summed E-state index contributed by atoms with van der Waals surface area (Å²) in [6.45, 7) is 0. The van der Waals surface area contributed by atoms with Crippen molar-refractivity contribution in [3.05, 3.63) is 35.6 Å². The predicted molar refractivity (Wildman–Crippen MR) is 115 cm³/mol. The number of nitriles is 1. The van der Waals surface area contributed by atoms with Gasteiger partial charge in [-0.2, -0.15) is 10.2 Å². The van der Waals surface area contributed by atoms with Crippen LogP contribution in [0, 0.1) is 11.3 Å². The van der Waals surface area contributed by atoms with E-state index < -0.39 is 0 Å². The molecule has 0 amide bonds. The number of aromatic nitrogens is 4. The van der Waals surface area contributed by atoms with E-state index in [1.807, 2.05) is 23.6 Å². The third-order valence-corrected chi connectivity index (χ3v) is 6.47. The molecule has 1 fully saturated rings. The van der Waals surface area contributed by atoms with Crippen molar-refractivity contribution in [2.45, 2.75) is 48.0 Å². The quantitative estimate of drug-likeness (QED) is 0.436. The summed E-state index contributed by atoms with van der Waals surface area (Å²) in [7, 11) is 1.59. The van der Waals surface area contributed by atoms with Crippen molar-refractivity contribution >= 4 is 28.8 Å². The second-order valence-corrected chi connectivity index (χ2v) is 8.76. The van der Waals surface area contributed by atoms with Gasteiger partial charge in [0.25, 0.3) is 0 Å². The average molecular weight is 441 g/mol. The molecule has 0 bridgehead atoms. The average Bonchev–Trinajstić information content (AvgIpc) is 3.31. The maximum absolute atomic E-state index is 9.80. The Morgan fingerprint density at radius 1 is 1.27 bits per heavy atom. The second-order valence-electron chi connectivity index (χ2n) is 6.82. The molecule has 10 heteroatoms. The molecule has 0 spiro atoms. The number of aliphatic hydroxyl groups excluding tert-OH is 1. The molecule has 0 unspecified atom stereocenters. The number of thiophene rings is 1. The van der Waals surface area contributed by atoms with Gasteiger partial charge in [-0.15, -0.1) is 11.3 Å². The van der Waals surface area contributed by atoms with Crippen molar-refractivity contribution in [3.63, 3.8) is 0 Å². The zero-order valence-electron chi connectivity index (χ0n) is 16.3. The zero-order chi connectivity index (χ0) is 20.9. The SMILES string of the molecule is COc1nc(Sc2cc(C#N)ncn2)nc(-c2cccs2)c1NC1CCC(O)CC1. The van der Waals surface area contributed by atoms with Gasteiger partial charge in [-0.05, 0) is 48.9 Å². The van der Waals surface area contributed by atoms with Crippen molar-refractivity contribution in [1.82, 2.24) is 19.9 Å². The summed E-state index contributed by atoms with van der Waals surface area (Å²) < 4.78 is 5.61. The first-order valence-corrected chi connectivity index (χ1v) is 11.2. The van der Waals surface area contributed by atoms with Crippen LogP contribution in [0.15, 0.2) is 40.1 Å². The molecular weight excluding hydrogens is 420 g/mol. The maximum atomic E-state index is 9.80. The predicted octanol–water partition coefficient (Wildman–Crippen LogP) is 3.74. The number of anilines is 1. The van der Waals surface area contributed by atoms with Crippen LogP contribution in [0.2, 0.25) is 0 Å². The molecule has 1 saturated carbocycles. The van der Waals surface area contributed by atoms with E-state index in [1.165, 1.54) is 18.1 Å². The minimum Gasteiger partial charge on any atom is -0.479 e. The molecule has 1 aliphatic rings. The Kier molecular flexibility index (Phi) is 6.42. The molecule has 3 heterocycles. The van der Waals surface area contributed by atoms with Crippen molar-refractivity contribution < 1.29 is 9.84 Å². The molecule has 3 aromatic rings. The number of rotatable bonds is 6. The van der Waals surface area contributed by atoms with Gasteiger partial charge in [-0.1, -0.05) is 6.07 Å². The van der Waals surface area contributed by atoms with Crippen molar-refractivity contribution in [2.75, 3.05) is 12.4 Å². The minimum absolute atomic E-state index is 0.220. The number of hydrogen-bond acceptors (Lipinski definition) is 10. The summed E-state index contributed by atoms with van der Waals surface area (Å²) in [5.41, 5.74) is 1.81. The van der Waals surface area contributed by atoms with Gasteiger partial charge in [0.1, 0.15) is 34.5 Å². The van der Waals surface area contributed by atoms with E-state index in [0.717, 1.165) is 41.9 Å². The summed E-state index contributed by atoms with van der Waals surface area (Å²) in [6, 6.07) is 7.83. The van der Waals surface area contributed by atoms with E-state index in [9.17, 15) is 5.11 Å². The van der Waals surface area contributed by atoms with Gasteiger partial charge in [-0.3, -0.25) is 0 Å². The van der Waals surface area contributed by atoms with Crippen LogP contribution < -0.4 is 10.1 Å². The highest BCUT2D eigenvalue weighted by Crippen LogP contribution is 2.39. The fourth-order valence-corrected chi connectivity index (χ4v) is 4.75. The van der Waals surface area contributed by atoms with Gasteiger partial charge in [0.05, 0.1) is 18.1 Å². The number of nitrogens with zero attached hydrogens (tertiary/aromatic N) is 5. The van der Waals surface area contributed by atoms with Crippen LogP contribution in [-0.2, 0) is 0 Å². The van der Waals surface area contributed by atoms with Crippen LogP contribution in [0.3, 0.4) is 0 Å². The van der Waals surface area contributed by atoms with Crippen LogP contribution in [-0.4, -0.2) is 44.3 Å². The number of aliphatic hydroxyl groups is 1. The number of methoxy groups -OCH3 is 1. The van der Waals surface area contributed by atoms with Gasteiger partial charge in [0.2, 0.25) is 5.88 Å². The fraction of sp³-hybridized carbons (Fsp3) is 0.350. The van der Waals surface area contributed by atoms with Gasteiger partial charge in [0, 0.05) is 12.1 Å². The van der Waals surface area contributed by atoms with E-state index in [2.05, 4.69) is 20.3 Å². The van der Waals surface area contributed by atoms with Gasteiger partial charge in [0.15, 0.2) is 5.16 Å². The molecule has 8 nitrogen and oxygen atoms in total. The highest BCUT2D eigenvalue weighted by molar-refractivity contribution is 7.99. The first-order chi connectivity index (χ1) is 14.7. The second kappa shape index (κ2) is 9.38. The molecule has 3 aromatic heterocycles. The first kappa shape index (κ1) is 20.5. The normalized spacial score (nSPS) is 18.6. The molecular formula is C20H20N6O2S2. The molecule has 0 aromatic carbocycles. The van der Waals surface area contributed by atoms with Gasteiger partial charge < -0.3 is 15.2 Å². The van der Waals surface area contributed by atoms with E-state index in [1.54, 1.807) is 24.5 Å². The topological polar surface area (TPSA) is 117 Å². The van der Waals surface area contributed by atoms with E-state index in [-0.39, 0.29) is 17.8 Å². The zero-order valence-corrected chi connectivity index (χ0v) is 17.9. The smallest absolute Gasteiger partial charge is 0.241 e. The third kappa shape index (κ3) is 4.70. The summed E-state index contributed by atoms with van der Waals surface area (Å²) in [6.07, 6.45) is 4.44. The van der Waals surface area contributed by atoms with E-state index in [0.29, 0.717) is 16.1 Å². The van der Waals surface area contributed by atoms with Crippen molar-refractivity contribution in [1.29, 1.82) is 5.26 Å². The Balaban J connectivity index is 1.69. The van der Waals surface area contributed by atoms with E-state index >= 15 is 0 Å². The molecule has 4 rings (SSSR count). The molecule has 0 atom stereocenters. The van der Waals surface area contributed by atoms with Crippen LogP contribution in [0.4, 0.5) is 5.69 Å². The van der Waals surface area contributed by atoms with Crippen molar-refractivity contribution in [3.8, 4) is 22.5 Å². The molecule has 0 saturated heterocycles. The molecule has 0 radical (unpaired) electrons. The molecule has 30 heavy (non-hydrogen) atoms. The first-order valence-electron chi connectivity index (χ1n) is 9.50. The standard InChI is InChI=1S/C20H20N6O2S2/c1-28-19-18(24-12-4-6-14(27)7-5-12)17(15-3-2-8-29-15)25-20(26-19)30-16-9-13(10-21)22-11-23-16/h2-3,8-9,11-12,14,24,27H,4-7H2,1H3. The van der Waals surface area contributed by atoms with Gasteiger partial charge in [-0.25, -0.2) is 15.0 Å². The summed E-state index contributed by atoms with van der Waals surface area (Å²) in [4.78, 5) is 18.4.